The van der Waals surface area contributed by atoms with Gasteiger partial charge in [0, 0.05) is 0 Å². The first kappa shape index (κ1) is 23.2. The monoisotopic (exact) mass is 420 g/mol. The first-order valence-corrected chi connectivity index (χ1v) is 26.2. The van der Waals surface area contributed by atoms with E-state index >= 15 is 0 Å². The van der Waals surface area contributed by atoms with Crippen molar-refractivity contribution in [3.63, 3.8) is 0 Å². The molecule has 0 rings (SSSR count). The molecule has 0 atom stereocenters. The Hall–Kier alpha value is 1.21. The summed E-state index contributed by atoms with van der Waals surface area (Å²) in [6, 6.07) is 0. The molecule has 0 saturated heterocycles. The first-order chi connectivity index (χ1) is 9.12. The summed E-state index contributed by atoms with van der Waals surface area (Å²) < 4.78 is 0. The normalized spacial score (nSPS) is 16.4. The number of hydrogen-bond acceptors (Lipinski definition) is 0. The standard InChI is InChI=1S/C18H45AsSi3/c1-16(2,3)20(10,11)19(21(12,13)17(4,5)6)22(14,15)18(7,8)9/h1-15H3. The van der Waals surface area contributed by atoms with E-state index in [4.69, 9.17) is 0 Å². The van der Waals surface area contributed by atoms with Gasteiger partial charge in [-0.3, -0.25) is 0 Å². The molecule has 0 nitrogen and oxygen atoms in total. The second-order valence-corrected chi connectivity index (χ2v) is 62.1. The van der Waals surface area contributed by atoms with Crippen LogP contribution in [0.1, 0.15) is 62.3 Å². The molecule has 22 heavy (non-hydrogen) atoms. The Morgan fingerprint density at radius 1 is 0.409 bits per heavy atom. The van der Waals surface area contributed by atoms with Crippen LogP contribution in [0.2, 0.25) is 54.4 Å². The van der Waals surface area contributed by atoms with E-state index in [-0.39, 0.29) is 0 Å². The van der Waals surface area contributed by atoms with Crippen molar-refractivity contribution < 1.29 is 0 Å². The molecule has 134 valence electrons. The van der Waals surface area contributed by atoms with Gasteiger partial charge in [0.15, 0.2) is 0 Å². The van der Waals surface area contributed by atoms with Crippen molar-refractivity contribution in [1.82, 2.24) is 0 Å². The van der Waals surface area contributed by atoms with Crippen LogP contribution in [0.3, 0.4) is 0 Å². The van der Waals surface area contributed by atoms with Gasteiger partial charge in [-0.2, -0.15) is 0 Å². The van der Waals surface area contributed by atoms with Crippen molar-refractivity contribution >= 4 is 32.3 Å². The average molecular weight is 421 g/mol. The van der Waals surface area contributed by atoms with Crippen LogP contribution in [0.4, 0.5) is 0 Å². The van der Waals surface area contributed by atoms with Gasteiger partial charge in [-0.15, -0.1) is 0 Å². The predicted molar refractivity (Wildman–Crippen MR) is 117 cm³/mol. The molecule has 0 aliphatic heterocycles. The number of rotatable bonds is 3. The topological polar surface area (TPSA) is 0 Å². The van der Waals surface area contributed by atoms with E-state index < -0.39 is 32.3 Å². The van der Waals surface area contributed by atoms with E-state index in [1.807, 2.05) is 0 Å². The Morgan fingerprint density at radius 2 is 0.545 bits per heavy atom. The average Bonchev–Trinajstić information content (AvgIpc) is 2.09. The van der Waals surface area contributed by atoms with Gasteiger partial charge in [0.05, 0.1) is 0 Å². The molecule has 0 spiro atoms. The van der Waals surface area contributed by atoms with Gasteiger partial charge in [-0.25, -0.2) is 0 Å². The van der Waals surface area contributed by atoms with Crippen LogP contribution in [-0.2, 0) is 0 Å². The molecule has 0 radical (unpaired) electrons. The summed E-state index contributed by atoms with van der Waals surface area (Å²) in [5.74, 6) is 0. The zero-order valence-corrected chi connectivity index (χ0v) is 23.3. The van der Waals surface area contributed by atoms with E-state index in [1.165, 1.54) is 0 Å². The summed E-state index contributed by atoms with van der Waals surface area (Å²) in [5.41, 5.74) is 0. The molecule has 0 heterocycles. The molecule has 0 saturated carbocycles. The maximum absolute atomic E-state index is 2.77. The second kappa shape index (κ2) is 6.18. The predicted octanol–water partition coefficient (Wildman–Crippen LogP) is 7.24. The van der Waals surface area contributed by atoms with E-state index in [1.54, 1.807) is 0 Å². The third kappa shape index (κ3) is 4.06. The Morgan fingerprint density at radius 3 is 0.636 bits per heavy atom. The first-order valence-electron chi connectivity index (χ1n) is 8.92. The molecule has 0 aliphatic rings. The van der Waals surface area contributed by atoms with E-state index in [0.717, 1.165) is 0 Å². The molecular weight excluding hydrogens is 375 g/mol. The molecule has 0 aromatic rings. The fraction of sp³-hybridized carbons (Fsp3) is 1.00. The SMILES string of the molecule is CC(C)(C)[Si](C)(C)[As]([Si](C)(C)C(C)(C)C)[Si](C)(C)C(C)(C)C. The molecular formula is C18H45AsSi3. The Kier molecular flexibility index (Phi) is 6.52. The van der Waals surface area contributed by atoms with Crippen LogP contribution in [0.25, 0.3) is 0 Å². The van der Waals surface area contributed by atoms with Crippen molar-refractivity contribution in [2.24, 2.45) is 0 Å². The molecule has 0 aromatic carbocycles. The van der Waals surface area contributed by atoms with Gasteiger partial charge in [0.1, 0.15) is 0 Å². The molecule has 0 fully saturated rings. The summed E-state index contributed by atoms with van der Waals surface area (Å²) in [6.45, 7) is 35.9. The maximum atomic E-state index is 2.77. The minimum absolute atomic E-state index is 0.540. The van der Waals surface area contributed by atoms with Gasteiger partial charge in [0.2, 0.25) is 0 Å². The quantitative estimate of drug-likeness (QED) is 0.422. The third-order valence-corrected chi connectivity index (χ3v) is 108. The Balaban J connectivity index is 6.53. The van der Waals surface area contributed by atoms with Crippen LogP contribution in [-0.4, -0.2) is 32.3 Å². The van der Waals surface area contributed by atoms with Crippen molar-refractivity contribution in [1.29, 1.82) is 0 Å². The van der Waals surface area contributed by atoms with Crippen molar-refractivity contribution in [3.05, 3.63) is 0 Å². The second-order valence-electron chi connectivity index (χ2n) is 11.8. The Labute approximate surface area is 148 Å². The fourth-order valence-corrected chi connectivity index (χ4v) is 145. The van der Waals surface area contributed by atoms with Gasteiger partial charge < -0.3 is 0 Å². The minimum atomic E-state index is -1.26. The van der Waals surface area contributed by atoms with Gasteiger partial charge in [0.25, 0.3) is 0 Å². The van der Waals surface area contributed by atoms with Gasteiger partial charge in [-0.1, -0.05) is 0 Å². The Bertz CT molecular complexity index is 328. The third-order valence-electron chi connectivity index (χ3n) is 7.18. The summed E-state index contributed by atoms with van der Waals surface area (Å²) in [7, 11) is 0. The van der Waals surface area contributed by atoms with Crippen molar-refractivity contribution in [2.45, 2.75) is 117 Å². The van der Waals surface area contributed by atoms with E-state index in [0.29, 0.717) is 15.1 Å². The van der Waals surface area contributed by atoms with Crippen LogP contribution >= 0.6 is 0 Å². The molecule has 0 unspecified atom stereocenters. The van der Waals surface area contributed by atoms with Gasteiger partial charge in [-0.05, 0) is 0 Å². The number of hydrogen-bond donors (Lipinski definition) is 0. The van der Waals surface area contributed by atoms with Crippen LogP contribution < -0.4 is 0 Å². The van der Waals surface area contributed by atoms with E-state index in [2.05, 4.69) is 102 Å². The fourth-order valence-electron chi connectivity index (χ4n) is 3.10. The van der Waals surface area contributed by atoms with Crippen molar-refractivity contribution in [3.8, 4) is 0 Å². The molecule has 0 amide bonds. The molecule has 0 aromatic heterocycles. The van der Waals surface area contributed by atoms with Crippen LogP contribution in [0.5, 0.6) is 0 Å². The van der Waals surface area contributed by atoms with Crippen LogP contribution in [0.15, 0.2) is 0 Å². The van der Waals surface area contributed by atoms with Crippen molar-refractivity contribution in [2.75, 3.05) is 0 Å². The summed E-state index contributed by atoms with van der Waals surface area (Å²) in [5, 5.41) is 1.62. The van der Waals surface area contributed by atoms with E-state index in [9.17, 15) is 0 Å². The molecule has 0 bridgehead atoms. The summed E-state index contributed by atoms with van der Waals surface area (Å²) >= 11 is -0.911. The van der Waals surface area contributed by atoms with Gasteiger partial charge >= 0.3 is 149 Å². The summed E-state index contributed by atoms with van der Waals surface area (Å²) in [4.78, 5) is 0. The van der Waals surface area contributed by atoms with Crippen LogP contribution in [0, 0.1) is 0 Å². The zero-order valence-electron chi connectivity index (χ0n) is 18.4. The molecule has 0 aliphatic carbocycles. The zero-order chi connectivity index (χ0) is 18.6. The summed E-state index contributed by atoms with van der Waals surface area (Å²) in [6.07, 6.45) is 0. The molecule has 0 N–H and O–H groups in total. The molecule has 4 heteroatoms.